The molecule has 2 heterocycles. The fraction of sp³-hybridized carbons (Fsp3) is 0.0526. The van der Waals surface area contributed by atoms with Gasteiger partial charge in [0.05, 0.1) is 28.2 Å². The number of hydrogen-bond acceptors (Lipinski definition) is 6. The zero-order valence-electron chi connectivity index (χ0n) is 14.9. The van der Waals surface area contributed by atoms with E-state index >= 15 is 0 Å². The average Bonchev–Trinajstić information content (AvgIpc) is 3.24. The standard InChI is InChI=1S/C19H17N5O2S2/c1-13-2-4-14(5-3-13)18-17(24-10-11-27-19(24)22-18)12-21-23-15-6-8-16(9-7-15)28(20,25)26/h2-12,23H,1H3,(H2,20,25,26)/b21-12+. The topological polar surface area (TPSA) is 102 Å². The van der Waals surface area contributed by atoms with E-state index in [1.165, 1.54) is 17.7 Å². The Balaban J connectivity index is 1.63. The molecular weight excluding hydrogens is 394 g/mol. The van der Waals surface area contributed by atoms with Gasteiger partial charge in [-0.2, -0.15) is 5.10 Å². The van der Waals surface area contributed by atoms with E-state index in [0.29, 0.717) is 5.69 Å². The van der Waals surface area contributed by atoms with E-state index in [-0.39, 0.29) is 4.90 Å². The third kappa shape index (κ3) is 3.68. The molecule has 28 heavy (non-hydrogen) atoms. The zero-order chi connectivity index (χ0) is 19.7. The maximum atomic E-state index is 11.3. The number of nitrogens with zero attached hydrogens (tertiary/aromatic N) is 3. The van der Waals surface area contributed by atoms with Gasteiger partial charge in [0.1, 0.15) is 0 Å². The summed E-state index contributed by atoms with van der Waals surface area (Å²) in [4.78, 5) is 5.66. The molecule has 0 aliphatic carbocycles. The largest absolute Gasteiger partial charge is 0.289 e. The number of thiazole rings is 1. The number of imidazole rings is 1. The second kappa shape index (κ2) is 7.19. The molecule has 2 aromatic heterocycles. The van der Waals surface area contributed by atoms with Crippen molar-refractivity contribution in [3.05, 3.63) is 71.4 Å². The molecule has 0 saturated heterocycles. The van der Waals surface area contributed by atoms with E-state index in [1.807, 2.05) is 35.0 Å². The molecule has 3 N–H and O–H groups in total. The Labute approximate surface area is 166 Å². The van der Waals surface area contributed by atoms with Crippen LogP contribution < -0.4 is 10.6 Å². The Kier molecular flexibility index (Phi) is 4.71. The SMILES string of the molecule is Cc1ccc(-c2nc3sccn3c2/C=N/Nc2ccc(S(N)(=O)=O)cc2)cc1. The van der Waals surface area contributed by atoms with Gasteiger partial charge >= 0.3 is 0 Å². The molecule has 7 nitrogen and oxygen atoms in total. The fourth-order valence-corrected chi connectivity index (χ4v) is 3.97. The van der Waals surface area contributed by atoms with Crippen molar-refractivity contribution < 1.29 is 8.42 Å². The lowest BCUT2D eigenvalue weighted by atomic mass is 10.1. The lowest BCUT2D eigenvalue weighted by molar-refractivity contribution is 0.598. The van der Waals surface area contributed by atoms with Crippen LogP contribution in [-0.2, 0) is 10.0 Å². The van der Waals surface area contributed by atoms with Crippen molar-refractivity contribution in [1.82, 2.24) is 9.38 Å². The van der Waals surface area contributed by atoms with Crippen LogP contribution >= 0.6 is 11.3 Å². The Morgan fingerprint density at radius 1 is 1.14 bits per heavy atom. The minimum atomic E-state index is -3.71. The van der Waals surface area contributed by atoms with Crippen LogP contribution in [0.1, 0.15) is 11.3 Å². The lowest BCUT2D eigenvalue weighted by Crippen LogP contribution is -2.11. The number of anilines is 1. The van der Waals surface area contributed by atoms with Crippen molar-refractivity contribution in [2.24, 2.45) is 10.2 Å². The third-order valence-electron chi connectivity index (χ3n) is 4.19. The highest BCUT2D eigenvalue weighted by atomic mass is 32.2. The molecule has 9 heteroatoms. The number of benzene rings is 2. The number of hydrogen-bond donors (Lipinski definition) is 2. The van der Waals surface area contributed by atoms with Crippen molar-refractivity contribution in [1.29, 1.82) is 0 Å². The highest BCUT2D eigenvalue weighted by molar-refractivity contribution is 7.89. The summed E-state index contributed by atoms with van der Waals surface area (Å²) < 4.78 is 24.6. The summed E-state index contributed by atoms with van der Waals surface area (Å²) in [6.07, 6.45) is 3.66. The van der Waals surface area contributed by atoms with Crippen LogP contribution in [0.2, 0.25) is 0 Å². The van der Waals surface area contributed by atoms with Crippen LogP contribution in [0.4, 0.5) is 5.69 Å². The zero-order valence-corrected chi connectivity index (χ0v) is 16.5. The molecule has 0 spiro atoms. The molecule has 0 amide bonds. The molecule has 0 radical (unpaired) electrons. The van der Waals surface area contributed by atoms with Gasteiger partial charge in [-0.15, -0.1) is 11.3 Å². The minimum absolute atomic E-state index is 0.0551. The molecule has 142 valence electrons. The van der Waals surface area contributed by atoms with E-state index < -0.39 is 10.0 Å². The van der Waals surface area contributed by atoms with Gasteiger partial charge in [-0.05, 0) is 31.2 Å². The van der Waals surface area contributed by atoms with Gasteiger partial charge in [0.2, 0.25) is 10.0 Å². The summed E-state index contributed by atoms with van der Waals surface area (Å²) in [7, 11) is -3.71. The summed E-state index contributed by atoms with van der Waals surface area (Å²) in [5.74, 6) is 0. The number of sulfonamides is 1. The van der Waals surface area contributed by atoms with Crippen molar-refractivity contribution in [3.8, 4) is 11.3 Å². The first-order valence-electron chi connectivity index (χ1n) is 8.36. The van der Waals surface area contributed by atoms with Gasteiger partial charge in [-0.3, -0.25) is 9.83 Å². The van der Waals surface area contributed by atoms with Crippen molar-refractivity contribution in [2.75, 3.05) is 5.43 Å². The first kappa shape index (κ1) is 18.4. The number of aromatic nitrogens is 2. The van der Waals surface area contributed by atoms with Gasteiger partial charge in [-0.25, -0.2) is 18.5 Å². The number of hydrazone groups is 1. The summed E-state index contributed by atoms with van der Waals surface area (Å²) in [6.45, 7) is 2.04. The average molecular weight is 412 g/mol. The second-order valence-electron chi connectivity index (χ2n) is 6.21. The van der Waals surface area contributed by atoms with Gasteiger partial charge in [0.15, 0.2) is 4.96 Å². The van der Waals surface area contributed by atoms with E-state index in [2.05, 4.69) is 22.7 Å². The van der Waals surface area contributed by atoms with Crippen LogP contribution in [0.3, 0.4) is 0 Å². The van der Waals surface area contributed by atoms with Crippen molar-refractivity contribution in [3.63, 3.8) is 0 Å². The maximum absolute atomic E-state index is 11.3. The smallest absolute Gasteiger partial charge is 0.238 e. The molecule has 0 bridgehead atoms. The minimum Gasteiger partial charge on any atom is -0.289 e. The Morgan fingerprint density at radius 2 is 1.86 bits per heavy atom. The van der Waals surface area contributed by atoms with Crippen molar-refractivity contribution >= 4 is 38.2 Å². The Bertz CT molecular complexity index is 1250. The molecule has 4 aromatic rings. The monoisotopic (exact) mass is 411 g/mol. The Morgan fingerprint density at radius 3 is 2.54 bits per heavy atom. The van der Waals surface area contributed by atoms with Crippen molar-refractivity contribution in [2.45, 2.75) is 11.8 Å². The summed E-state index contributed by atoms with van der Waals surface area (Å²) in [6, 6.07) is 14.3. The fourth-order valence-electron chi connectivity index (χ4n) is 2.74. The number of fused-ring (bicyclic) bond motifs is 1. The molecule has 0 fully saturated rings. The summed E-state index contributed by atoms with van der Waals surface area (Å²) in [5.41, 5.74) is 7.45. The van der Waals surface area contributed by atoms with E-state index in [4.69, 9.17) is 10.1 Å². The second-order valence-corrected chi connectivity index (χ2v) is 8.64. The highest BCUT2D eigenvalue weighted by Crippen LogP contribution is 2.26. The molecule has 0 atom stereocenters. The van der Waals surface area contributed by atoms with E-state index in [0.717, 1.165) is 21.9 Å². The van der Waals surface area contributed by atoms with Crippen LogP contribution in [0.25, 0.3) is 16.2 Å². The summed E-state index contributed by atoms with van der Waals surface area (Å²) >= 11 is 1.55. The van der Waals surface area contributed by atoms with Gasteiger partial charge in [-0.1, -0.05) is 29.8 Å². The molecule has 0 aliphatic heterocycles. The van der Waals surface area contributed by atoms with E-state index in [9.17, 15) is 8.42 Å². The van der Waals surface area contributed by atoms with Gasteiger partial charge in [0, 0.05) is 17.1 Å². The number of aryl methyl sites for hydroxylation is 1. The van der Waals surface area contributed by atoms with Crippen LogP contribution in [0.5, 0.6) is 0 Å². The third-order valence-corrected chi connectivity index (χ3v) is 5.87. The number of nitrogens with one attached hydrogen (secondary N) is 1. The molecule has 2 aromatic carbocycles. The number of rotatable bonds is 5. The summed E-state index contributed by atoms with van der Waals surface area (Å²) in [5, 5.41) is 11.4. The molecular formula is C19H17N5O2S2. The Hall–Kier alpha value is -3.01. The molecule has 0 saturated carbocycles. The van der Waals surface area contributed by atoms with Crippen LogP contribution in [0.15, 0.2) is 70.1 Å². The highest BCUT2D eigenvalue weighted by Gasteiger charge is 2.13. The molecule has 4 rings (SSSR count). The number of nitrogens with two attached hydrogens (primary N) is 1. The first-order valence-corrected chi connectivity index (χ1v) is 10.8. The predicted octanol–water partition coefficient (Wildman–Crippen LogP) is 3.46. The van der Waals surface area contributed by atoms with Crippen LogP contribution in [0, 0.1) is 6.92 Å². The molecule has 0 unspecified atom stereocenters. The van der Waals surface area contributed by atoms with Gasteiger partial charge in [0.25, 0.3) is 0 Å². The normalized spacial score (nSPS) is 12.1. The lowest BCUT2D eigenvalue weighted by Gasteiger charge is -2.03. The quantitative estimate of drug-likeness (QED) is 0.388. The number of primary sulfonamides is 1. The van der Waals surface area contributed by atoms with Gasteiger partial charge < -0.3 is 0 Å². The first-order chi connectivity index (χ1) is 13.4. The predicted molar refractivity (Wildman–Crippen MR) is 112 cm³/mol. The molecule has 0 aliphatic rings. The maximum Gasteiger partial charge on any atom is 0.238 e. The van der Waals surface area contributed by atoms with E-state index in [1.54, 1.807) is 29.7 Å². The van der Waals surface area contributed by atoms with Crippen LogP contribution in [-0.4, -0.2) is 24.0 Å².